The molecule has 20 heavy (non-hydrogen) atoms. The number of benzene rings is 1. The zero-order chi connectivity index (χ0) is 15.2. The molecule has 0 aromatic heterocycles. The lowest BCUT2D eigenvalue weighted by molar-refractivity contribution is -0.149. The maximum atomic E-state index is 12.4. The second-order valence-corrected chi connectivity index (χ2v) is 6.22. The number of carbonyl (C=O) groups is 1. The van der Waals surface area contributed by atoms with Crippen LogP contribution in [0.25, 0.3) is 0 Å². The number of rotatable bonds is 7. The molecule has 0 unspecified atom stereocenters. The Balaban J connectivity index is 2.70. The summed E-state index contributed by atoms with van der Waals surface area (Å²) in [6.45, 7) is 5.01. The molecule has 1 N–H and O–H groups in total. The van der Waals surface area contributed by atoms with Crippen LogP contribution in [0, 0.1) is 0 Å². The molecule has 0 bridgehead atoms. The van der Waals surface area contributed by atoms with Gasteiger partial charge in [0.1, 0.15) is 11.8 Å². The summed E-state index contributed by atoms with van der Waals surface area (Å²) >= 11 is 0. The standard InChI is InChI=1S/C13H20NO5P/c1-10(2)18-13(15)11(3)14-20(16,17-4)19-12-8-6-5-7-9-12/h5-11H,1-4H3,(H,14,16)/t11-,20+/m0/s1. The second kappa shape index (κ2) is 7.43. The normalized spacial score (nSPS) is 15.4. The molecule has 7 heteroatoms. The van der Waals surface area contributed by atoms with Crippen LogP contribution >= 0.6 is 7.75 Å². The Morgan fingerprint density at radius 3 is 2.30 bits per heavy atom. The summed E-state index contributed by atoms with van der Waals surface area (Å²) in [5, 5.41) is 2.53. The van der Waals surface area contributed by atoms with E-state index in [1.165, 1.54) is 14.0 Å². The third kappa shape index (κ3) is 5.33. The van der Waals surface area contributed by atoms with Crippen molar-refractivity contribution < 1.29 is 23.1 Å². The first-order valence-corrected chi connectivity index (χ1v) is 7.79. The summed E-state index contributed by atoms with van der Waals surface area (Å²) in [6.07, 6.45) is -0.247. The van der Waals surface area contributed by atoms with Gasteiger partial charge in [-0.1, -0.05) is 18.2 Å². The first-order valence-electron chi connectivity index (χ1n) is 6.25. The lowest BCUT2D eigenvalue weighted by Gasteiger charge is -2.21. The zero-order valence-corrected chi connectivity index (χ0v) is 12.9. The Kier molecular flexibility index (Phi) is 6.20. The average molecular weight is 301 g/mol. The summed E-state index contributed by atoms with van der Waals surface area (Å²) in [7, 11) is -2.38. The molecule has 6 nitrogen and oxygen atoms in total. The van der Waals surface area contributed by atoms with Gasteiger partial charge in [0, 0.05) is 7.11 Å². The van der Waals surface area contributed by atoms with E-state index >= 15 is 0 Å². The number of esters is 1. The van der Waals surface area contributed by atoms with Gasteiger partial charge < -0.3 is 9.26 Å². The van der Waals surface area contributed by atoms with Gasteiger partial charge in [-0.05, 0) is 32.9 Å². The van der Waals surface area contributed by atoms with E-state index in [1.807, 2.05) is 0 Å². The van der Waals surface area contributed by atoms with E-state index in [0.717, 1.165) is 0 Å². The third-order valence-electron chi connectivity index (χ3n) is 2.27. The van der Waals surface area contributed by atoms with Crippen LogP contribution in [-0.2, 0) is 18.6 Å². The van der Waals surface area contributed by atoms with E-state index < -0.39 is 19.8 Å². The van der Waals surface area contributed by atoms with Crippen LogP contribution in [0.4, 0.5) is 0 Å². The largest absolute Gasteiger partial charge is 0.462 e. The highest BCUT2D eigenvalue weighted by molar-refractivity contribution is 7.52. The number of nitrogens with one attached hydrogen (secondary N) is 1. The fourth-order valence-electron chi connectivity index (χ4n) is 1.36. The van der Waals surface area contributed by atoms with Crippen LogP contribution in [0.5, 0.6) is 5.75 Å². The smallest absolute Gasteiger partial charge is 0.459 e. The molecule has 1 aromatic rings. The molecule has 2 atom stereocenters. The summed E-state index contributed by atoms with van der Waals surface area (Å²) in [5.74, 6) is -0.136. The predicted molar refractivity (Wildman–Crippen MR) is 75.5 cm³/mol. The fraction of sp³-hybridized carbons (Fsp3) is 0.462. The lowest BCUT2D eigenvalue weighted by atomic mass is 10.3. The number of ether oxygens (including phenoxy) is 1. The number of hydrogen-bond donors (Lipinski definition) is 1. The molecule has 0 saturated carbocycles. The van der Waals surface area contributed by atoms with Crippen molar-refractivity contribution in [3.05, 3.63) is 30.3 Å². The van der Waals surface area contributed by atoms with E-state index in [4.69, 9.17) is 13.8 Å². The summed E-state index contributed by atoms with van der Waals surface area (Å²) in [5.41, 5.74) is 0. The van der Waals surface area contributed by atoms with Crippen molar-refractivity contribution in [3.8, 4) is 5.75 Å². The van der Waals surface area contributed by atoms with Crippen LogP contribution in [0.3, 0.4) is 0 Å². The first kappa shape index (κ1) is 16.7. The summed E-state index contributed by atoms with van der Waals surface area (Å²) < 4.78 is 27.6. The van der Waals surface area contributed by atoms with E-state index in [-0.39, 0.29) is 6.10 Å². The molecule has 0 aliphatic carbocycles. The molecule has 0 fully saturated rings. The van der Waals surface area contributed by atoms with E-state index in [1.54, 1.807) is 44.2 Å². The van der Waals surface area contributed by atoms with Crippen molar-refractivity contribution in [1.29, 1.82) is 0 Å². The minimum atomic E-state index is -3.63. The van der Waals surface area contributed by atoms with Crippen LogP contribution in [0.15, 0.2) is 30.3 Å². The Labute approximate surface area is 119 Å². The van der Waals surface area contributed by atoms with Crippen LogP contribution < -0.4 is 9.61 Å². The molecule has 1 aromatic carbocycles. The van der Waals surface area contributed by atoms with Gasteiger partial charge in [-0.25, -0.2) is 4.57 Å². The van der Waals surface area contributed by atoms with Crippen molar-refractivity contribution in [2.45, 2.75) is 32.9 Å². The Morgan fingerprint density at radius 2 is 1.80 bits per heavy atom. The minimum Gasteiger partial charge on any atom is -0.462 e. The molecule has 112 valence electrons. The molecular weight excluding hydrogens is 281 g/mol. The van der Waals surface area contributed by atoms with E-state index in [2.05, 4.69) is 5.09 Å². The van der Waals surface area contributed by atoms with Gasteiger partial charge in [0.25, 0.3) is 0 Å². The molecule has 0 heterocycles. The van der Waals surface area contributed by atoms with E-state index in [9.17, 15) is 9.36 Å². The summed E-state index contributed by atoms with van der Waals surface area (Å²) in [4.78, 5) is 11.7. The van der Waals surface area contributed by atoms with Crippen LogP contribution in [-0.4, -0.2) is 25.2 Å². The summed E-state index contributed by atoms with van der Waals surface area (Å²) in [6, 6.07) is 7.76. The molecule has 0 spiro atoms. The molecule has 0 aliphatic heterocycles. The van der Waals surface area contributed by atoms with Gasteiger partial charge in [0.05, 0.1) is 6.10 Å². The number of carbonyl (C=O) groups excluding carboxylic acids is 1. The minimum absolute atomic E-state index is 0.247. The first-order chi connectivity index (χ1) is 9.36. The fourth-order valence-corrected chi connectivity index (χ4v) is 2.57. The topological polar surface area (TPSA) is 73.9 Å². The second-order valence-electron chi connectivity index (χ2n) is 4.42. The molecule has 0 aliphatic rings. The van der Waals surface area contributed by atoms with Crippen molar-refractivity contribution in [3.63, 3.8) is 0 Å². The number of hydrogen-bond acceptors (Lipinski definition) is 5. The van der Waals surface area contributed by atoms with Gasteiger partial charge in [-0.15, -0.1) is 0 Å². The van der Waals surface area contributed by atoms with Gasteiger partial charge in [-0.2, -0.15) is 5.09 Å². The SMILES string of the molecule is CO[P@](=O)(N[C@@H](C)C(=O)OC(C)C)Oc1ccccc1. The van der Waals surface area contributed by atoms with Crippen LogP contribution in [0.1, 0.15) is 20.8 Å². The molecule has 0 saturated heterocycles. The Hall–Kier alpha value is -1.36. The maximum Gasteiger partial charge on any atom is 0.459 e. The van der Waals surface area contributed by atoms with Crippen molar-refractivity contribution >= 4 is 13.7 Å². The molecular formula is C13H20NO5P. The van der Waals surface area contributed by atoms with Gasteiger partial charge in [0.15, 0.2) is 0 Å². The molecule has 0 radical (unpaired) electrons. The lowest BCUT2D eigenvalue weighted by Crippen LogP contribution is -2.36. The Morgan fingerprint density at radius 1 is 1.20 bits per heavy atom. The Bertz CT molecular complexity index is 477. The third-order valence-corrected chi connectivity index (χ3v) is 3.90. The van der Waals surface area contributed by atoms with Gasteiger partial charge >= 0.3 is 13.7 Å². The predicted octanol–water partition coefficient (Wildman–Crippen LogP) is 2.75. The number of para-hydroxylation sites is 1. The zero-order valence-electron chi connectivity index (χ0n) is 12.0. The molecule has 1 rings (SSSR count). The highest BCUT2D eigenvalue weighted by Crippen LogP contribution is 2.43. The molecule has 0 amide bonds. The van der Waals surface area contributed by atoms with Crippen molar-refractivity contribution in [2.24, 2.45) is 0 Å². The average Bonchev–Trinajstić information content (AvgIpc) is 2.39. The van der Waals surface area contributed by atoms with Crippen molar-refractivity contribution in [1.82, 2.24) is 5.09 Å². The highest BCUT2D eigenvalue weighted by atomic mass is 31.2. The van der Waals surface area contributed by atoms with Gasteiger partial charge in [0.2, 0.25) is 0 Å². The monoisotopic (exact) mass is 301 g/mol. The van der Waals surface area contributed by atoms with Crippen LogP contribution in [0.2, 0.25) is 0 Å². The quantitative estimate of drug-likeness (QED) is 0.616. The van der Waals surface area contributed by atoms with Crippen molar-refractivity contribution in [2.75, 3.05) is 7.11 Å². The van der Waals surface area contributed by atoms with E-state index in [0.29, 0.717) is 5.75 Å². The maximum absolute atomic E-state index is 12.4. The van der Waals surface area contributed by atoms with Gasteiger partial charge in [-0.3, -0.25) is 9.32 Å². The highest BCUT2D eigenvalue weighted by Gasteiger charge is 2.31.